The third-order valence-corrected chi connectivity index (χ3v) is 6.74. The second-order valence-corrected chi connectivity index (χ2v) is 8.44. The molecule has 0 bridgehead atoms. The van der Waals surface area contributed by atoms with Gasteiger partial charge in [-0.25, -0.2) is 0 Å². The highest BCUT2D eigenvalue weighted by Crippen LogP contribution is 2.58. The fraction of sp³-hybridized carbons (Fsp3) is 0. The molecule has 1 heteroatoms. The van der Waals surface area contributed by atoms with Gasteiger partial charge in [-0.1, -0.05) is 103 Å². The SMILES string of the molecule is O=C1C(c2ccccc2)=C2C(=C1c1ccccc1)c1c3ccccc3cc3cccc2c13. The third-order valence-electron chi connectivity index (χ3n) is 6.74. The van der Waals surface area contributed by atoms with Crippen molar-refractivity contribution in [3.05, 3.63) is 131 Å². The van der Waals surface area contributed by atoms with Crippen LogP contribution in [0.5, 0.6) is 0 Å². The van der Waals surface area contributed by atoms with Crippen LogP contribution in [0.25, 0.3) is 43.8 Å². The van der Waals surface area contributed by atoms with Crippen molar-refractivity contribution >= 4 is 49.6 Å². The van der Waals surface area contributed by atoms with Crippen LogP contribution >= 0.6 is 0 Å². The van der Waals surface area contributed by atoms with E-state index in [1.54, 1.807) is 0 Å². The van der Waals surface area contributed by atoms with E-state index in [1.807, 2.05) is 48.5 Å². The van der Waals surface area contributed by atoms with E-state index in [0.29, 0.717) is 0 Å². The van der Waals surface area contributed by atoms with Gasteiger partial charge in [-0.15, -0.1) is 0 Å². The molecular weight excluding hydrogens is 388 g/mol. The number of allylic oxidation sites excluding steroid dienone is 4. The Bertz CT molecular complexity index is 1650. The lowest BCUT2D eigenvalue weighted by Crippen LogP contribution is -2.02. The molecule has 0 aliphatic heterocycles. The largest absolute Gasteiger partial charge is 0.289 e. The van der Waals surface area contributed by atoms with Crippen molar-refractivity contribution in [1.29, 1.82) is 0 Å². The van der Waals surface area contributed by atoms with Crippen molar-refractivity contribution in [3.8, 4) is 0 Å². The van der Waals surface area contributed by atoms with Gasteiger partial charge in [-0.3, -0.25) is 4.79 Å². The van der Waals surface area contributed by atoms with Crippen molar-refractivity contribution in [2.45, 2.75) is 0 Å². The van der Waals surface area contributed by atoms with Gasteiger partial charge in [0.1, 0.15) is 0 Å². The summed E-state index contributed by atoms with van der Waals surface area (Å²) in [4.78, 5) is 14.1. The normalized spacial score (nSPS) is 14.7. The second kappa shape index (κ2) is 6.38. The van der Waals surface area contributed by atoms with Crippen LogP contribution in [0.1, 0.15) is 22.3 Å². The van der Waals surface area contributed by atoms with E-state index in [2.05, 4.69) is 60.7 Å². The minimum atomic E-state index is 0.114. The van der Waals surface area contributed by atoms with Gasteiger partial charge < -0.3 is 0 Å². The van der Waals surface area contributed by atoms with Crippen LogP contribution in [-0.2, 0) is 4.79 Å². The van der Waals surface area contributed by atoms with Gasteiger partial charge in [0.05, 0.1) is 0 Å². The van der Waals surface area contributed by atoms with Crippen LogP contribution in [0.15, 0.2) is 109 Å². The summed E-state index contributed by atoms with van der Waals surface area (Å²) in [6.07, 6.45) is 0. The van der Waals surface area contributed by atoms with E-state index in [-0.39, 0.29) is 5.78 Å². The first-order valence-electron chi connectivity index (χ1n) is 10.9. The Balaban J connectivity index is 1.71. The first kappa shape index (κ1) is 17.5. The van der Waals surface area contributed by atoms with Gasteiger partial charge in [-0.05, 0) is 49.9 Å². The lowest BCUT2D eigenvalue weighted by Gasteiger charge is -2.11. The third kappa shape index (κ3) is 2.20. The predicted molar refractivity (Wildman–Crippen MR) is 133 cm³/mol. The molecule has 32 heavy (non-hydrogen) atoms. The molecule has 0 fully saturated rings. The summed E-state index contributed by atoms with van der Waals surface area (Å²) in [5.41, 5.74) is 8.11. The molecule has 0 spiro atoms. The first-order chi connectivity index (χ1) is 15.8. The molecule has 7 rings (SSSR count). The molecule has 0 aromatic heterocycles. The number of fused-ring (bicyclic) bond motifs is 5. The molecule has 2 aliphatic rings. The van der Waals surface area contributed by atoms with Gasteiger partial charge in [0.2, 0.25) is 0 Å². The fourth-order valence-electron chi connectivity index (χ4n) is 5.47. The number of ketones is 1. The maximum atomic E-state index is 14.1. The molecule has 0 unspecified atom stereocenters. The number of carbonyl (C=O) groups excluding carboxylic acids is 1. The Morgan fingerprint density at radius 2 is 1.06 bits per heavy atom. The van der Waals surface area contributed by atoms with Gasteiger partial charge in [0.15, 0.2) is 5.78 Å². The molecule has 148 valence electrons. The highest BCUT2D eigenvalue weighted by atomic mass is 16.1. The summed E-state index contributed by atoms with van der Waals surface area (Å²) < 4.78 is 0. The summed E-state index contributed by atoms with van der Waals surface area (Å²) in [6, 6.07) is 37.5. The molecule has 5 aromatic rings. The van der Waals surface area contributed by atoms with Crippen molar-refractivity contribution < 1.29 is 4.79 Å². The smallest absolute Gasteiger partial charge is 0.195 e. The van der Waals surface area contributed by atoms with Gasteiger partial charge in [0, 0.05) is 22.3 Å². The van der Waals surface area contributed by atoms with Gasteiger partial charge >= 0.3 is 0 Å². The zero-order valence-corrected chi connectivity index (χ0v) is 17.3. The minimum Gasteiger partial charge on any atom is -0.289 e. The topological polar surface area (TPSA) is 17.1 Å². The molecule has 0 saturated carbocycles. The molecule has 0 saturated heterocycles. The molecular formula is C31H18O. The Labute approximate surface area is 186 Å². The monoisotopic (exact) mass is 406 g/mol. The molecule has 5 aromatic carbocycles. The predicted octanol–water partition coefficient (Wildman–Crippen LogP) is 7.41. The molecule has 0 heterocycles. The highest BCUT2D eigenvalue weighted by Gasteiger charge is 2.40. The van der Waals surface area contributed by atoms with Crippen molar-refractivity contribution in [2.75, 3.05) is 0 Å². The number of Topliss-reactive ketones (excluding diaryl/α,β-unsaturated/α-hetero) is 1. The average Bonchev–Trinajstić information content (AvgIpc) is 3.33. The standard InChI is InChI=1S/C31H18O/c32-31-26(19-10-3-1-4-11-19)29-24-17-9-15-22-18-21-14-7-8-16-23(21)28(25(22)24)30(29)27(31)20-12-5-2-6-13-20/h1-18H. The summed E-state index contributed by atoms with van der Waals surface area (Å²) in [5.74, 6) is 0.114. The Kier molecular flexibility index (Phi) is 3.48. The van der Waals surface area contributed by atoms with Crippen LogP contribution in [-0.4, -0.2) is 5.78 Å². The second-order valence-electron chi connectivity index (χ2n) is 8.44. The summed E-state index contributed by atoms with van der Waals surface area (Å²) in [6.45, 7) is 0. The quantitative estimate of drug-likeness (QED) is 0.279. The number of hydrogen-bond acceptors (Lipinski definition) is 1. The van der Waals surface area contributed by atoms with Crippen LogP contribution in [0.4, 0.5) is 0 Å². The number of benzene rings is 5. The maximum absolute atomic E-state index is 14.1. The number of hydrogen-bond donors (Lipinski definition) is 0. The summed E-state index contributed by atoms with van der Waals surface area (Å²) in [5, 5.41) is 4.88. The molecule has 0 N–H and O–H groups in total. The van der Waals surface area contributed by atoms with E-state index in [1.165, 1.54) is 27.1 Å². The van der Waals surface area contributed by atoms with E-state index < -0.39 is 0 Å². The molecule has 1 nitrogen and oxygen atoms in total. The van der Waals surface area contributed by atoms with Crippen LogP contribution in [0.3, 0.4) is 0 Å². The van der Waals surface area contributed by atoms with Crippen molar-refractivity contribution in [2.24, 2.45) is 0 Å². The molecule has 0 amide bonds. The van der Waals surface area contributed by atoms with Crippen LogP contribution < -0.4 is 0 Å². The minimum absolute atomic E-state index is 0.114. The zero-order chi connectivity index (χ0) is 21.2. The highest BCUT2D eigenvalue weighted by molar-refractivity contribution is 6.62. The zero-order valence-electron chi connectivity index (χ0n) is 17.3. The fourth-order valence-corrected chi connectivity index (χ4v) is 5.47. The van der Waals surface area contributed by atoms with E-state index in [4.69, 9.17) is 0 Å². The van der Waals surface area contributed by atoms with E-state index in [9.17, 15) is 4.79 Å². The van der Waals surface area contributed by atoms with Crippen LogP contribution in [0, 0.1) is 0 Å². The van der Waals surface area contributed by atoms with Gasteiger partial charge in [-0.2, -0.15) is 0 Å². The summed E-state index contributed by atoms with van der Waals surface area (Å²) >= 11 is 0. The van der Waals surface area contributed by atoms with Crippen molar-refractivity contribution in [3.63, 3.8) is 0 Å². The molecule has 0 radical (unpaired) electrons. The van der Waals surface area contributed by atoms with Crippen molar-refractivity contribution in [1.82, 2.24) is 0 Å². The lowest BCUT2D eigenvalue weighted by atomic mass is 9.91. The Hall–Kier alpha value is -4.23. The van der Waals surface area contributed by atoms with E-state index in [0.717, 1.165) is 39.0 Å². The van der Waals surface area contributed by atoms with E-state index >= 15 is 0 Å². The summed E-state index contributed by atoms with van der Waals surface area (Å²) in [7, 11) is 0. The Morgan fingerprint density at radius 1 is 0.469 bits per heavy atom. The Morgan fingerprint density at radius 3 is 1.78 bits per heavy atom. The first-order valence-corrected chi connectivity index (χ1v) is 10.9. The lowest BCUT2D eigenvalue weighted by molar-refractivity contribution is -0.108. The van der Waals surface area contributed by atoms with Crippen LogP contribution in [0.2, 0.25) is 0 Å². The maximum Gasteiger partial charge on any atom is 0.195 e. The molecule has 0 atom stereocenters. The number of rotatable bonds is 2. The average molecular weight is 406 g/mol. The number of carbonyl (C=O) groups is 1. The van der Waals surface area contributed by atoms with Gasteiger partial charge in [0.25, 0.3) is 0 Å². The molecule has 2 aliphatic carbocycles.